The molecule has 0 radical (unpaired) electrons. The molecule has 0 aliphatic carbocycles. The smallest absolute Gasteiger partial charge is 0.199 e. The number of ketones is 1. The van der Waals surface area contributed by atoms with Crippen molar-refractivity contribution in [2.45, 2.75) is 0 Å². The van der Waals surface area contributed by atoms with Crippen LogP contribution in [0.15, 0.2) is 57.9 Å². The summed E-state index contributed by atoms with van der Waals surface area (Å²) >= 11 is 3.21. The van der Waals surface area contributed by atoms with Gasteiger partial charge in [0.05, 0.1) is 17.3 Å². The molecule has 0 spiro atoms. The molecule has 0 aliphatic heterocycles. The van der Waals surface area contributed by atoms with Gasteiger partial charge < -0.3 is 4.42 Å². The Hall–Kier alpha value is -1.94. The minimum Gasteiger partial charge on any atom is -0.457 e. The van der Waals surface area contributed by atoms with Crippen molar-refractivity contribution in [3.05, 3.63) is 64.7 Å². The van der Waals surface area contributed by atoms with E-state index in [1.54, 1.807) is 12.3 Å². The Balaban J connectivity index is 2.10. The first-order valence-electron chi connectivity index (χ1n) is 5.38. The van der Waals surface area contributed by atoms with Crippen LogP contribution in [0, 0.1) is 0 Å². The molecule has 18 heavy (non-hydrogen) atoms. The first-order valence-corrected chi connectivity index (χ1v) is 6.17. The number of carbonyl (C=O) groups is 1. The summed E-state index contributed by atoms with van der Waals surface area (Å²) in [5.41, 5.74) is 1.93. The Bertz CT molecular complexity index is 733. The van der Waals surface area contributed by atoms with E-state index < -0.39 is 0 Å². The highest BCUT2D eigenvalue weighted by molar-refractivity contribution is 9.10. The summed E-state index contributed by atoms with van der Waals surface area (Å²) < 4.78 is 5.52. The number of nitrogens with zero attached hydrogens (tertiary/aromatic N) is 1. The third-order valence-corrected chi connectivity index (χ3v) is 3.33. The van der Waals surface area contributed by atoms with Crippen LogP contribution in [0.1, 0.15) is 15.9 Å². The Labute approximate surface area is 112 Å². The molecule has 3 rings (SSSR count). The van der Waals surface area contributed by atoms with E-state index in [-0.39, 0.29) is 5.78 Å². The Morgan fingerprint density at radius 1 is 1.22 bits per heavy atom. The zero-order valence-electron chi connectivity index (χ0n) is 9.26. The number of halogens is 1. The summed E-state index contributed by atoms with van der Waals surface area (Å²) in [5.74, 6) is -0.103. The van der Waals surface area contributed by atoms with Crippen molar-refractivity contribution in [1.82, 2.24) is 4.98 Å². The topological polar surface area (TPSA) is 43.1 Å². The fourth-order valence-corrected chi connectivity index (χ4v) is 2.23. The summed E-state index contributed by atoms with van der Waals surface area (Å²) in [6.45, 7) is 0. The van der Waals surface area contributed by atoms with Gasteiger partial charge in [0, 0.05) is 17.1 Å². The monoisotopic (exact) mass is 301 g/mol. The highest BCUT2D eigenvalue weighted by atomic mass is 79.9. The molecule has 0 saturated carbocycles. The fourth-order valence-electron chi connectivity index (χ4n) is 1.81. The number of rotatable bonds is 2. The van der Waals surface area contributed by atoms with Crippen LogP contribution in [0.3, 0.4) is 0 Å². The maximum absolute atomic E-state index is 12.2. The number of hydrogen-bond donors (Lipinski definition) is 0. The maximum Gasteiger partial charge on any atom is 0.199 e. The van der Waals surface area contributed by atoms with Crippen LogP contribution in [-0.2, 0) is 0 Å². The van der Waals surface area contributed by atoms with Gasteiger partial charge in [-0.15, -0.1) is 0 Å². The first kappa shape index (κ1) is 11.2. The summed E-state index contributed by atoms with van der Waals surface area (Å²) in [5, 5.41) is 0.947. The van der Waals surface area contributed by atoms with Crippen molar-refractivity contribution in [2.75, 3.05) is 0 Å². The maximum atomic E-state index is 12.2. The molecule has 3 aromatic rings. The van der Waals surface area contributed by atoms with Gasteiger partial charge >= 0.3 is 0 Å². The molecule has 2 aromatic heterocycles. The highest BCUT2D eigenvalue weighted by Crippen LogP contribution is 2.22. The number of fused-ring (bicyclic) bond motifs is 1. The number of pyridine rings is 1. The molecule has 2 heterocycles. The lowest BCUT2D eigenvalue weighted by atomic mass is 10.1. The van der Waals surface area contributed by atoms with Gasteiger partial charge in [0.1, 0.15) is 0 Å². The van der Waals surface area contributed by atoms with Crippen LogP contribution in [0.5, 0.6) is 0 Å². The predicted octanol–water partition coefficient (Wildman–Crippen LogP) is 3.82. The zero-order valence-corrected chi connectivity index (χ0v) is 10.8. The average Bonchev–Trinajstić information content (AvgIpc) is 2.83. The van der Waals surface area contributed by atoms with Gasteiger partial charge in [-0.3, -0.25) is 9.78 Å². The van der Waals surface area contributed by atoms with Crippen molar-refractivity contribution in [1.29, 1.82) is 0 Å². The van der Waals surface area contributed by atoms with Crippen LogP contribution >= 0.6 is 15.9 Å². The molecule has 0 fully saturated rings. The van der Waals surface area contributed by atoms with Crippen LogP contribution in [-0.4, -0.2) is 10.8 Å². The van der Waals surface area contributed by atoms with Gasteiger partial charge in [0.15, 0.2) is 10.5 Å². The van der Waals surface area contributed by atoms with E-state index in [1.165, 1.54) is 6.26 Å². The highest BCUT2D eigenvalue weighted by Gasteiger charge is 2.15. The SMILES string of the molecule is O=C(c1cnc2ccccc2c1)c1ccoc1Br. The Morgan fingerprint density at radius 2 is 2.06 bits per heavy atom. The van der Waals surface area contributed by atoms with Crippen molar-refractivity contribution in [2.24, 2.45) is 0 Å². The minimum atomic E-state index is -0.103. The minimum absolute atomic E-state index is 0.103. The summed E-state index contributed by atoms with van der Waals surface area (Å²) in [6.07, 6.45) is 3.07. The van der Waals surface area contributed by atoms with Crippen LogP contribution < -0.4 is 0 Å². The predicted molar refractivity (Wildman–Crippen MR) is 71.6 cm³/mol. The van der Waals surface area contributed by atoms with Gasteiger partial charge in [-0.05, 0) is 34.1 Å². The third-order valence-electron chi connectivity index (χ3n) is 2.72. The Morgan fingerprint density at radius 3 is 2.83 bits per heavy atom. The summed E-state index contributed by atoms with van der Waals surface area (Å²) in [6, 6.07) is 11.2. The molecule has 0 amide bonds. The molecule has 0 N–H and O–H groups in total. The van der Waals surface area contributed by atoms with E-state index in [9.17, 15) is 4.79 Å². The van der Waals surface area contributed by atoms with E-state index in [4.69, 9.17) is 4.42 Å². The second kappa shape index (κ2) is 4.38. The van der Waals surface area contributed by atoms with Gasteiger partial charge in [-0.2, -0.15) is 0 Å². The quantitative estimate of drug-likeness (QED) is 0.676. The molecule has 0 bridgehead atoms. The Kier molecular flexibility index (Phi) is 2.72. The molecule has 0 aliphatic rings. The second-order valence-corrected chi connectivity index (χ2v) is 4.57. The number of furan rings is 1. The van der Waals surface area contributed by atoms with E-state index in [1.807, 2.05) is 30.3 Å². The van der Waals surface area contributed by atoms with Crippen LogP contribution in [0.25, 0.3) is 10.9 Å². The van der Waals surface area contributed by atoms with Crippen LogP contribution in [0.4, 0.5) is 0 Å². The van der Waals surface area contributed by atoms with Gasteiger partial charge in [-0.25, -0.2) is 0 Å². The lowest BCUT2D eigenvalue weighted by molar-refractivity contribution is 0.103. The number of hydrogen-bond acceptors (Lipinski definition) is 3. The van der Waals surface area contributed by atoms with Crippen molar-refractivity contribution in [3.63, 3.8) is 0 Å². The average molecular weight is 302 g/mol. The first-order chi connectivity index (χ1) is 8.75. The molecule has 0 saturated heterocycles. The number of benzene rings is 1. The third kappa shape index (κ3) is 1.84. The fraction of sp³-hybridized carbons (Fsp3) is 0. The lowest BCUT2D eigenvalue weighted by Crippen LogP contribution is -2.01. The molecule has 0 atom stereocenters. The van der Waals surface area contributed by atoms with E-state index in [0.717, 1.165) is 10.9 Å². The van der Waals surface area contributed by atoms with Gasteiger partial charge in [0.25, 0.3) is 0 Å². The van der Waals surface area contributed by atoms with Crippen molar-refractivity contribution >= 4 is 32.6 Å². The molecule has 1 aromatic carbocycles. The molecule has 4 heteroatoms. The van der Waals surface area contributed by atoms with E-state index in [2.05, 4.69) is 20.9 Å². The second-order valence-electron chi connectivity index (χ2n) is 3.85. The molecular formula is C14H8BrNO2. The normalized spacial score (nSPS) is 10.7. The largest absolute Gasteiger partial charge is 0.457 e. The lowest BCUT2D eigenvalue weighted by Gasteiger charge is -2.01. The summed E-state index contributed by atoms with van der Waals surface area (Å²) in [7, 11) is 0. The number of para-hydroxylation sites is 1. The molecular weight excluding hydrogens is 294 g/mol. The van der Waals surface area contributed by atoms with Crippen molar-refractivity contribution < 1.29 is 9.21 Å². The molecule has 0 unspecified atom stereocenters. The molecule has 88 valence electrons. The number of aromatic nitrogens is 1. The van der Waals surface area contributed by atoms with E-state index in [0.29, 0.717) is 15.8 Å². The molecule has 3 nitrogen and oxygen atoms in total. The standard InChI is InChI=1S/C14H8BrNO2/c15-14-11(5-6-18-14)13(17)10-7-9-3-1-2-4-12(9)16-8-10/h1-8H. The summed E-state index contributed by atoms with van der Waals surface area (Å²) in [4.78, 5) is 16.5. The van der Waals surface area contributed by atoms with Gasteiger partial charge in [0.2, 0.25) is 0 Å². The van der Waals surface area contributed by atoms with Crippen molar-refractivity contribution in [3.8, 4) is 0 Å². The van der Waals surface area contributed by atoms with Gasteiger partial charge in [-0.1, -0.05) is 18.2 Å². The number of carbonyl (C=O) groups excluding carboxylic acids is 1. The van der Waals surface area contributed by atoms with E-state index >= 15 is 0 Å². The zero-order chi connectivity index (χ0) is 12.5. The van der Waals surface area contributed by atoms with Crippen LogP contribution in [0.2, 0.25) is 0 Å².